The second kappa shape index (κ2) is 3.79. The topological polar surface area (TPSA) is 13.1 Å². The average molecular weight is 166 g/mol. The molecule has 12 heavy (non-hydrogen) atoms. The molecule has 0 N–H and O–H groups in total. The second-order valence-corrected chi connectivity index (χ2v) is 4.03. The van der Waals surface area contributed by atoms with E-state index in [1.54, 1.807) is 6.26 Å². The van der Waals surface area contributed by atoms with Gasteiger partial charge in [0, 0.05) is 5.92 Å². The molecule has 0 aromatic carbocycles. The third-order valence-corrected chi connectivity index (χ3v) is 2.31. The van der Waals surface area contributed by atoms with Crippen LogP contribution >= 0.6 is 0 Å². The Kier molecular flexibility index (Phi) is 2.96. The van der Waals surface area contributed by atoms with Crippen molar-refractivity contribution in [2.24, 2.45) is 11.8 Å². The van der Waals surface area contributed by atoms with E-state index in [4.69, 9.17) is 4.42 Å². The smallest absolute Gasteiger partial charge is 0.107 e. The maximum atomic E-state index is 5.42. The Morgan fingerprint density at radius 2 is 1.67 bits per heavy atom. The largest absolute Gasteiger partial charge is 0.469 e. The van der Waals surface area contributed by atoms with Crippen molar-refractivity contribution in [1.82, 2.24) is 0 Å². The lowest BCUT2D eigenvalue weighted by Crippen LogP contribution is -2.12. The molecule has 0 fully saturated rings. The van der Waals surface area contributed by atoms with Crippen LogP contribution in [-0.4, -0.2) is 0 Å². The molecule has 0 aliphatic carbocycles. The van der Waals surface area contributed by atoms with Gasteiger partial charge in [0.15, 0.2) is 0 Å². The Labute approximate surface area is 74.8 Å². The fourth-order valence-electron chi connectivity index (χ4n) is 1.91. The van der Waals surface area contributed by atoms with E-state index in [1.807, 2.05) is 6.07 Å². The molecular formula is C11H18O. The summed E-state index contributed by atoms with van der Waals surface area (Å²) in [6.07, 6.45) is 1.76. The molecular weight excluding hydrogens is 148 g/mol. The summed E-state index contributed by atoms with van der Waals surface area (Å²) in [4.78, 5) is 0. The Hall–Kier alpha value is -0.720. The summed E-state index contributed by atoms with van der Waals surface area (Å²) in [5.41, 5.74) is 0. The minimum Gasteiger partial charge on any atom is -0.469 e. The maximum absolute atomic E-state index is 5.42. The van der Waals surface area contributed by atoms with E-state index in [2.05, 4.69) is 33.8 Å². The van der Waals surface area contributed by atoms with Crippen LogP contribution in [0.5, 0.6) is 0 Å². The van der Waals surface area contributed by atoms with Crippen molar-refractivity contribution >= 4 is 0 Å². The first-order valence-electron chi connectivity index (χ1n) is 4.66. The van der Waals surface area contributed by atoms with Crippen LogP contribution in [0.2, 0.25) is 0 Å². The number of furan rings is 1. The normalized spacial score (nSPS) is 11.9. The highest BCUT2D eigenvalue weighted by Gasteiger charge is 2.21. The Morgan fingerprint density at radius 1 is 1.08 bits per heavy atom. The highest BCUT2D eigenvalue weighted by Crippen LogP contribution is 2.31. The van der Waals surface area contributed by atoms with E-state index in [1.165, 1.54) is 0 Å². The van der Waals surface area contributed by atoms with Crippen LogP contribution in [0.4, 0.5) is 0 Å². The Balaban J connectivity index is 2.81. The molecule has 0 bridgehead atoms. The van der Waals surface area contributed by atoms with Gasteiger partial charge in [0.1, 0.15) is 5.76 Å². The number of hydrogen-bond acceptors (Lipinski definition) is 1. The van der Waals surface area contributed by atoms with Gasteiger partial charge in [0.2, 0.25) is 0 Å². The molecule has 0 atom stereocenters. The lowest BCUT2D eigenvalue weighted by molar-refractivity contribution is 0.324. The van der Waals surface area contributed by atoms with Crippen molar-refractivity contribution in [3.8, 4) is 0 Å². The quantitative estimate of drug-likeness (QED) is 0.667. The second-order valence-electron chi connectivity index (χ2n) is 4.03. The van der Waals surface area contributed by atoms with Crippen LogP contribution < -0.4 is 0 Å². The highest BCUT2D eigenvalue weighted by atomic mass is 16.3. The van der Waals surface area contributed by atoms with Crippen LogP contribution in [0, 0.1) is 11.8 Å². The molecule has 1 nitrogen and oxygen atoms in total. The van der Waals surface area contributed by atoms with E-state index >= 15 is 0 Å². The molecule has 0 aliphatic heterocycles. The molecule has 1 heterocycles. The summed E-state index contributed by atoms with van der Waals surface area (Å²) in [5.74, 6) is 2.98. The van der Waals surface area contributed by atoms with Crippen molar-refractivity contribution in [2.45, 2.75) is 33.6 Å². The summed E-state index contributed by atoms with van der Waals surface area (Å²) in [5, 5.41) is 0. The maximum Gasteiger partial charge on any atom is 0.107 e. The van der Waals surface area contributed by atoms with E-state index < -0.39 is 0 Å². The van der Waals surface area contributed by atoms with E-state index in [0.717, 1.165) is 5.76 Å². The Morgan fingerprint density at radius 3 is 2.00 bits per heavy atom. The standard InChI is InChI=1S/C11H18O/c1-8(2)11(9(3)4)10-6-5-7-12-10/h5-9,11H,1-4H3. The summed E-state index contributed by atoms with van der Waals surface area (Å²) < 4.78 is 5.42. The van der Waals surface area contributed by atoms with Crippen LogP contribution in [-0.2, 0) is 0 Å². The fraction of sp³-hybridized carbons (Fsp3) is 0.636. The molecule has 0 saturated carbocycles. The van der Waals surface area contributed by atoms with Gasteiger partial charge < -0.3 is 4.42 Å². The van der Waals surface area contributed by atoms with Crippen molar-refractivity contribution in [2.75, 3.05) is 0 Å². The average Bonchev–Trinajstić information content (AvgIpc) is 2.37. The monoisotopic (exact) mass is 166 g/mol. The molecule has 1 rings (SSSR count). The summed E-state index contributed by atoms with van der Waals surface area (Å²) >= 11 is 0. The molecule has 0 spiro atoms. The first kappa shape index (κ1) is 9.37. The zero-order valence-electron chi connectivity index (χ0n) is 8.37. The minimum absolute atomic E-state index is 0.556. The van der Waals surface area contributed by atoms with Gasteiger partial charge in [-0.15, -0.1) is 0 Å². The molecule has 0 saturated heterocycles. The molecule has 0 unspecified atom stereocenters. The SMILES string of the molecule is CC(C)C(c1ccco1)C(C)C. The molecule has 0 aliphatic rings. The van der Waals surface area contributed by atoms with Crippen molar-refractivity contribution in [1.29, 1.82) is 0 Å². The van der Waals surface area contributed by atoms with Gasteiger partial charge in [-0.3, -0.25) is 0 Å². The number of hydrogen-bond donors (Lipinski definition) is 0. The molecule has 0 amide bonds. The molecule has 0 radical (unpaired) electrons. The van der Waals surface area contributed by atoms with Gasteiger partial charge in [-0.1, -0.05) is 27.7 Å². The van der Waals surface area contributed by atoms with Crippen LogP contribution in [0.15, 0.2) is 22.8 Å². The van der Waals surface area contributed by atoms with Gasteiger partial charge in [-0.05, 0) is 24.0 Å². The minimum atomic E-state index is 0.556. The molecule has 68 valence electrons. The summed E-state index contributed by atoms with van der Waals surface area (Å²) in [6.45, 7) is 8.97. The predicted molar refractivity (Wildman–Crippen MR) is 51.1 cm³/mol. The van der Waals surface area contributed by atoms with Crippen molar-refractivity contribution in [3.63, 3.8) is 0 Å². The van der Waals surface area contributed by atoms with Gasteiger partial charge in [0.05, 0.1) is 6.26 Å². The zero-order chi connectivity index (χ0) is 9.14. The van der Waals surface area contributed by atoms with E-state index in [-0.39, 0.29) is 0 Å². The first-order chi connectivity index (χ1) is 5.63. The van der Waals surface area contributed by atoms with E-state index in [0.29, 0.717) is 17.8 Å². The van der Waals surface area contributed by atoms with Crippen LogP contribution in [0.1, 0.15) is 39.4 Å². The summed E-state index contributed by atoms with van der Waals surface area (Å²) in [6, 6.07) is 4.04. The van der Waals surface area contributed by atoms with Crippen LogP contribution in [0.3, 0.4) is 0 Å². The lowest BCUT2D eigenvalue weighted by Gasteiger charge is -2.22. The lowest BCUT2D eigenvalue weighted by atomic mass is 9.84. The first-order valence-corrected chi connectivity index (χ1v) is 4.66. The molecule has 1 heteroatoms. The molecule has 1 aromatic heterocycles. The van der Waals surface area contributed by atoms with Gasteiger partial charge in [-0.2, -0.15) is 0 Å². The Bertz CT molecular complexity index is 201. The van der Waals surface area contributed by atoms with Gasteiger partial charge in [-0.25, -0.2) is 0 Å². The number of rotatable bonds is 3. The predicted octanol–water partition coefficient (Wildman–Crippen LogP) is 3.68. The van der Waals surface area contributed by atoms with E-state index in [9.17, 15) is 0 Å². The third-order valence-electron chi connectivity index (χ3n) is 2.31. The fourth-order valence-corrected chi connectivity index (χ4v) is 1.91. The summed E-state index contributed by atoms with van der Waals surface area (Å²) in [7, 11) is 0. The third kappa shape index (κ3) is 1.90. The highest BCUT2D eigenvalue weighted by molar-refractivity contribution is 5.07. The van der Waals surface area contributed by atoms with Gasteiger partial charge >= 0.3 is 0 Å². The van der Waals surface area contributed by atoms with Crippen molar-refractivity contribution < 1.29 is 4.42 Å². The van der Waals surface area contributed by atoms with Gasteiger partial charge in [0.25, 0.3) is 0 Å². The zero-order valence-corrected chi connectivity index (χ0v) is 8.37. The van der Waals surface area contributed by atoms with Crippen molar-refractivity contribution in [3.05, 3.63) is 24.2 Å². The van der Waals surface area contributed by atoms with Crippen LogP contribution in [0.25, 0.3) is 0 Å². The molecule has 1 aromatic rings.